The molecule has 102 valence electrons. The monoisotopic (exact) mass is 268 g/mol. The minimum atomic E-state index is 0.0369. The van der Waals surface area contributed by atoms with Gasteiger partial charge in [0.1, 0.15) is 5.75 Å². The Morgan fingerprint density at radius 2 is 1.95 bits per heavy atom. The number of carbonyl (C=O) groups excluding carboxylic acids is 1. The lowest BCUT2D eigenvalue weighted by molar-refractivity contribution is -0.115. The number of carbonyl (C=O) groups is 1. The van der Waals surface area contributed by atoms with Crippen molar-refractivity contribution in [3.8, 4) is 5.75 Å². The van der Waals surface area contributed by atoms with Crippen LogP contribution in [0.15, 0.2) is 48.5 Å². The topological polar surface area (TPSA) is 41.6 Å². The maximum Gasteiger partial charge on any atom is 0.226 e. The maximum atomic E-state index is 11.8. The number of nitrogens with one attached hydrogen (secondary N) is 1. The summed E-state index contributed by atoms with van der Waals surface area (Å²) in [6.07, 6.45) is 0.464. The van der Waals surface area contributed by atoms with Crippen LogP contribution in [0.5, 0.6) is 5.75 Å². The van der Waals surface area contributed by atoms with E-state index in [2.05, 4.69) is 10.2 Å². The van der Waals surface area contributed by atoms with Crippen molar-refractivity contribution >= 4 is 23.0 Å². The van der Waals surface area contributed by atoms with Crippen LogP contribution in [0.25, 0.3) is 0 Å². The summed E-state index contributed by atoms with van der Waals surface area (Å²) in [6.45, 7) is 0.649. The number of nitrogens with zero attached hydrogens (tertiary/aromatic N) is 1. The zero-order valence-electron chi connectivity index (χ0n) is 11.3. The number of para-hydroxylation sites is 1. The lowest BCUT2D eigenvalue weighted by Gasteiger charge is -2.24. The molecule has 1 N–H and O–H groups in total. The lowest BCUT2D eigenvalue weighted by atomic mass is 10.2. The normalized spacial score (nSPS) is 14.2. The Kier molecular flexibility index (Phi) is 3.29. The summed E-state index contributed by atoms with van der Waals surface area (Å²) in [5, 5.41) is 2.94. The summed E-state index contributed by atoms with van der Waals surface area (Å²) in [5.74, 6) is 0.815. The molecule has 0 atom stereocenters. The van der Waals surface area contributed by atoms with Gasteiger partial charge in [-0.2, -0.15) is 0 Å². The van der Waals surface area contributed by atoms with E-state index in [1.165, 1.54) is 0 Å². The van der Waals surface area contributed by atoms with Crippen LogP contribution in [0, 0.1) is 0 Å². The third kappa shape index (κ3) is 2.32. The molecule has 0 radical (unpaired) electrons. The molecule has 1 amide bonds. The first kappa shape index (κ1) is 12.5. The molecule has 0 saturated heterocycles. The van der Waals surface area contributed by atoms with Gasteiger partial charge in [-0.3, -0.25) is 4.79 Å². The van der Waals surface area contributed by atoms with Crippen LogP contribution in [0.3, 0.4) is 0 Å². The molecule has 0 aliphatic carbocycles. The minimum Gasteiger partial charge on any atom is -0.497 e. The average Bonchev–Trinajstić information content (AvgIpc) is 2.65. The van der Waals surface area contributed by atoms with Gasteiger partial charge in [-0.05, 0) is 24.3 Å². The fraction of sp³-hybridized carbons (Fsp3) is 0.188. The van der Waals surface area contributed by atoms with E-state index in [0.29, 0.717) is 13.0 Å². The lowest BCUT2D eigenvalue weighted by Crippen LogP contribution is -2.18. The highest BCUT2D eigenvalue weighted by Gasteiger charge is 2.20. The van der Waals surface area contributed by atoms with Gasteiger partial charge in [0.2, 0.25) is 5.91 Å². The van der Waals surface area contributed by atoms with Crippen molar-refractivity contribution in [1.82, 2.24) is 0 Å². The Labute approximate surface area is 118 Å². The molecule has 0 spiro atoms. The van der Waals surface area contributed by atoms with E-state index < -0.39 is 0 Å². The van der Waals surface area contributed by atoms with Crippen molar-refractivity contribution in [1.29, 1.82) is 0 Å². The zero-order chi connectivity index (χ0) is 13.9. The molecule has 1 heterocycles. The molecule has 0 unspecified atom stereocenters. The molecule has 0 fully saturated rings. The number of benzene rings is 2. The second-order valence-corrected chi connectivity index (χ2v) is 4.67. The van der Waals surface area contributed by atoms with Gasteiger partial charge < -0.3 is 15.0 Å². The second kappa shape index (κ2) is 5.25. The van der Waals surface area contributed by atoms with Crippen LogP contribution in [-0.2, 0) is 4.79 Å². The predicted molar refractivity (Wildman–Crippen MR) is 79.7 cm³/mol. The fourth-order valence-electron chi connectivity index (χ4n) is 2.39. The molecule has 3 rings (SSSR count). The highest BCUT2D eigenvalue weighted by molar-refractivity contribution is 5.97. The van der Waals surface area contributed by atoms with Gasteiger partial charge in [0.05, 0.1) is 18.5 Å². The van der Waals surface area contributed by atoms with E-state index in [1.807, 2.05) is 48.5 Å². The van der Waals surface area contributed by atoms with Crippen molar-refractivity contribution in [3.05, 3.63) is 48.5 Å². The molecule has 0 saturated carbocycles. The van der Waals surface area contributed by atoms with E-state index in [4.69, 9.17) is 4.74 Å². The number of hydrogen-bond acceptors (Lipinski definition) is 3. The van der Waals surface area contributed by atoms with Crippen molar-refractivity contribution in [2.75, 3.05) is 23.9 Å². The highest BCUT2D eigenvalue weighted by Crippen LogP contribution is 2.36. The Bertz CT molecular complexity index is 626. The van der Waals surface area contributed by atoms with Crippen molar-refractivity contribution in [3.63, 3.8) is 0 Å². The van der Waals surface area contributed by atoms with Gasteiger partial charge in [-0.1, -0.05) is 18.2 Å². The first-order valence-electron chi connectivity index (χ1n) is 6.58. The van der Waals surface area contributed by atoms with Crippen LogP contribution in [0.4, 0.5) is 17.1 Å². The van der Waals surface area contributed by atoms with Crippen LogP contribution in [0.1, 0.15) is 6.42 Å². The molecule has 1 aliphatic heterocycles. The first-order valence-corrected chi connectivity index (χ1v) is 6.58. The van der Waals surface area contributed by atoms with Crippen LogP contribution < -0.4 is 15.0 Å². The third-order valence-corrected chi connectivity index (χ3v) is 3.40. The fourth-order valence-corrected chi connectivity index (χ4v) is 2.39. The SMILES string of the molecule is COc1ccc2c(c1)N(c1ccccc1)CCC(=O)N2. The number of fused-ring (bicyclic) bond motifs is 1. The van der Waals surface area contributed by atoms with E-state index in [0.717, 1.165) is 22.8 Å². The molecule has 20 heavy (non-hydrogen) atoms. The standard InChI is InChI=1S/C16H16N2O2/c1-20-13-7-8-14-15(11-13)18(10-9-16(19)17-14)12-5-3-2-4-6-12/h2-8,11H,9-10H2,1H3,(H,17,19). The zero-order valence-corrected chi connectivity index (χ0v) is 11.3. The number of rotatable bonds is 2. The Hall–Kier alpha value is -2.49. The smallest absolute Gasteiger partial charge is 0.226 e. The molecule has 4 heteroatoms. The second-order valence-electron chi connectivity index (χ2n) is 4.67. The molecule has 4 nitrogen and oxygen atoms in total. The summed E-state index contributed by atoms with van der Waals surface area (Å²) >= 11 is 0. The molecule has 1 aliphatic rings. The maximum absolute atomic E-state index is 11.8. The summed E-state index contributed by atoms with van der Waals surface area (Å²) in [5.41, 5.74) is 2.84. The van der Waals surface area contributed by atoms with E-state index in [-0.39, 0.29) is 5.91 Å². The first-order chi connectivity index (χ1) is 9.78. The number of anilines is 3. The number of ether oxygens (including phenoxy) is 1. The number of hydrogen-bond donors (Lipinski definition) is 1. The van der Waals surface area contributed by atoms with E-state index in [9.17, 15) is 4.79 Å². The van der Waals surface area contributed by atoms with Gasteiger partial charge in [0, 0.05) is 24.7 Å². The summed E-state index contributed by atoms with van der Waals surface area (Å²) in [4.78, 5) is 13.9. The molecular formula is C16H16N2O2. The van der Waals surface area contributed by atoms with Crippen LogP contribution in [-0.4, -0.2) is 19.6 Å². The van der Waals surface area contributed by atoms with Gasteiger partial charge in [-0.25, -0.2) is 0 Å². The van der Waals surface area contributed by atoms with Crippen LogP contribution >= 0.6 is 0 Å². The number of methoxy groups -OCH3 is 1. The predicted octanol–water partition coefficient (Wildman–Crippen LogP) is 3.18. The summed E-state index contributed by atoms with van der Waals surface area (Å²) in [7, 11) is 1.64. The summed E-state index contributed by atoms with van der Waals surface area (Å²) < 4.78 is 5.29. The third-order valence-electron chi connectivity index (χ3n) is 3.40. The van der Waals surface area contributed by atoms with Gasteiger partial charge in [0.15, 0.2) is 0 Å². The molecular weight excluding hydrogens is 252 g/mol. The van der Waals surface area contributed by atoms with Gasteiger partial charge >= 0.3 is 0 Å². The Morgan fingerprint density at radius 1 is 1.15 bits per heavy atom. The quantitative estimate of drug-likeness (QED) is 0.909. The largest absolute Gasteiger partial charge is 0.497 e. The average molecular weight is 268 g/mol. The minimum absolute atomic E-state index is 0.0369. The Morgan fingerprint density at radius 3 is 2.70 bits per heavy atom. The van der Waals surface area contributed by atoms with E-state index >= 15 is 0 Å². The van der Waals surface area contributed by atoms with Crippen LogP contribution in [0.2, 0.25) is 0 Å². The number of amides is 1. The molecule has 2 aromatic rings. The van der Waals surface area contributed by atoms with E-state index in [1.54, 1.807) is 7.11 Å². The molecule has 0 bridgehead atoms. The van der Waals surface area contributed by atoms with Crippen molar-refractivity contribution in [2.45, 2.75) is 6.42 Å². The molecule has 2 aromatic carbocycles. The summed E-state index contributed by atoms with van der Waals surface area (Å²) in [6, 6.07) is 15.7. The highest BCUT2D eigenvalue weighted by atomic mass is 16.5. The molecule has 0 aromatic heterocycles. The van der Waals surface area contributed by atoms with Gasteiger partial charge in [-0.15, -0.1) is 0 Å². The van der Waals surface area contributed by atoms with Crippen molar-refractivity contribution < 1.29 is 9.53 Å². The van der Waals surface area contributed by atoms with Crippen molar-refractivity contribution in [2.24, 2.45) is 0 Å². The van der Waals surface area contributed by atoms with Gasteiger partial charge in [0.25, 0.3) is 0 Å². The Balaban J connectivity index is 2.10.